The number of nitrogens with one attached hydrogen (secondary N) is 1. The van der Waals surface area contributed by atoms with Gasteiger partial charge in [-0.25, -0.2) is 4.98 Å². The van der Waals surface area contributed by atoms with Crippen molar-refractivity contribution in [1.29, 1.82) is 5.26 Å². The number of rotatable bonds is 10. The van der Waals surface area contributed by atoms with Crippen molar-refractivity contribution in [1.82, 2.24) is 9.71 Å². The van der Waals surface area contributed by atoms with Gasteiger partial charge >= 0.3 is 0 Å². The van der Waals surface area contributed by atoms with Gasteiger partial charge in [0, 0.05) is 34.5 Å². The van der Waals surface area contributed by atoms with Crippen molar-refractivity contribution in [2.75, 3.05) is 24.4 Å². The van der Waals surface area contributed by atoms with Crippen molar-refractivity contribution in [2.24, 2.45) is 0 Å². The van der Waals surface area contributed by atoms with Crippen LogP contribution in [0.1, 0.15) is 32.9 Å². The molecule has 0 radical (unpaired) electrons. The number of nitrogens with zero attached hydrogens (tertiary/aromatic N) is 3. The van der Waals surface area contributed by atoms with Crippen LogP contribution >= 0.6 is 39.2 Å². The Morgan fingerprint density at radius 3 is 2.62 bits per heavy atom. The maximum Gasteiger partial charge on any atom is 0.280 e. The zero-order chi connectivity index (χ0) is 22.9. The fraction of sp³-hybridized carbons (Fsp3) is 0.261. The Morgan fingerprint density at radius 2 is 1.97 bits per heavy atom. The summed E-state index contributed by atoms with van der Waals surface area (Å²) in [6.45, 7) is 3.15. The topological polar surface area (TPSA) is 78.2 Å². The summed E-state index contributed by atoms with van der Waals surface area (Å²) < 4.78 is 8.91. The van der Waals surface area contributed by atoms with E-state index in [9.17, 15) is 4.79 Å². The first kappa shape index (κ1) is 24.3. The predicted octanol–water partition coefficient (Wildman–Crippen LogP) is 5.84. The van der Waals surface area contributed by atoms with Gasteiger partial charge in [-0.2, -0.15) is 5.26 Å². The third kappa shape index (κ3) is 6.56. The van der Waals surface area contributed by atoms with E-state index in [1.807, 2.05) is 43.3 Å². The third-order valence-corrected chi connectivity index (χ3v) is 6.90. The van der Waals surface area contributed by atoms with Gasteiger partial charge in [-0.15, -0.1) is 11.3 Å². The molecule has 1 heterocycles. The average molecular weight is 532 g/mol. The van der Waals surface area contributed by atoms with Gasteiger partial charge in [0.2, 0.25) is 0 Å². The minimum Gasteiger partial charge on any atom is -0.385 e. The lowest BCUT2D eigenvalue weighted by molar-refractivity contribution is 0.0979. The monoisotopic (exact) mass is 530 g/mol. The molecule has 3 rings (SSSR count). The van der Waals surface area contributed by atoms with Crippen LogP contribution in [0, 0.1) is 18.3 Å². The highest BCUT2D eigenvalue weighted by Crippen LogP contribution is 2.33. The lowest BCUT2D eigenvalue weighted by Gasteiger charge is -2.22. The van der Waals surface area contributed by atoms with E-state index in [-0.39, 0.29) is 5.91 Å². The Balaban J connectivity index is 1.84. The number of thiazole rings is 1. The molecule has 0 aliphatic rings. The van der Waals surface area contributed by atoms with Gasteiger partial charge in [0.25, 0.3) is 5.91 Å². The molecule has 0 bridgehead atoms. The lowest BCUT2D eigenvalue weighted by Crippen LogP contribution is -2.19. The Bertz CT molecular complexity index is 1080. The largest absolute Gasteiger partial charge is 0.385 e. The molecule has 1 aromatic heterocycles. The highest BCUT2D eigenvalue weighted by atomic mass is 79.9. The molecule has 32 heavy (non-hydrogen) atoms. The van der Waals surface area contributed by atoms with Crippen molar-refractivity contribution in [3.8, 4) is 6.07 Å². The second kappa shape index (κ2) is 12.0. The molecule has 166 valence electrons. The van der Waals surface area contributed by atoms with Crippen molar-refractivity contribution >= 4 is 55.9 Å². The normalized spacial score (nSPS) is 10.6. The number of methoxy groups -OCH3 is 1. The number of aryl methyl sites for hydroxylation is 1. The molecule has 0 atom stereocenters. The molecule has 3 aromatic rings. The number of ether oxygens (including phenoxy) is 1. The summed E-state index contributed by atoms with van der Waals surface area (Å²) in [5.74, 6) is 0.576. The highest BCUT2D eigenvalue weighted by Gasteiger charge is 2.20. The smallest absolute Gasteiger partial charge is 0.280 e. The fourth-order valence-electron chi connectivity index (χ4n) is 2.91. The summed E-state index contributed by atoms with van der Waals surface area (Å²) in [4.78, 5) is 20.3. The number of hydrogen-bond donors (Lipinski definition) is 1. The Morgan fingerprint density at radius 1 is 1.25 bits per heavy atom. The number of nitriles is 1. The SMILES string of the molecule is COCCCSNC(=O)c1nc(N(Cc2ccc(Br)cc2)c2ccc(C#N)cc2)sc1C. The second-order valence-corrected chi connectivity index (χ2v) is 9.90. The summed E-state index contributed by atoms with van der Waals surface area (Å²) in [5, 5.41) is 9.86. The van der Waals surface area contributed by atoms with Gasteiger partial charge in [0.15, 0.2) is 5.13 Å². The van der Waals surface area contributed by atoms with Crippen LogP contribution in [0.2, 0.25) is 0 Å². The van der Waals surface area contributed by atoms with Crippen LogP contribution in [0.25, 0.3) is 0 Å². The number of anilines is 2. The van der Waals surface area contributed by atoms with Crippen LogP contribution in [0.15, 0.2) is 53.0 Å². The van der Waals surface area contributed by atoms with Crippen molar-refractivity contribution < 1.29 is 9.53 Å². The molecule has 2 aromatic carbocycles. The minimum atomic E-state index is -0.198. The molecule has 0 saturated carbocycles. The molecule has 0 aliphatic heterocycles. The van der Waals surface area contributed by atoms with Gasteiger partial charge < -0.3 is 9.64 Å². The molecule has 9 heteroatoms. The Hall–Kier alpha value is -2.38. The predicted molar refractivity (Wildman–Crippen MR) is 134 cm³/mol. The van der Waals surface area contributed by atoms with E-state index in [1.165, 1.54) is 23.3 Å². The van der Waals surface area contributed by atoms with E-state index in [0.29, 0.717) is 24.4 Å². The minimum absolute atomic E-state index is 0.198. The van der Waals surface area contributed by atoms with Crippen LogP contribution in [0.3, 0.4) is 0 Å². The number of halogens is 1. The van der Waals surface area contributed by atoms with Crippen LogP contribution in [0.4, 0.5) is 10.8 Å². The van der Waals surface area contributed by atoms with Crippen molar-refractivity contribution in [3.05, 3.63) is 74.7 Å². The highest BCUT2D eigenvalue weighted by molar-refractivity contribution is 9.10. The third-order valence-electron chi connectivity index (χ3n) is 4.55. The number of benzene rings is 2. The first-order chi connectivity index (χ1) is 15.5. The standard InChI is InChI=1S/C23H23BrN4O2S2/c1-16-21(22(29)27-31-13-3-12-30-2)26-23(32-16)28(15-18-4-8-19(24)9-5-18)20-10-6-17(14-25)7-11-20/h4-11H,3,12-13,15H2,1-2H3,(H,27,29). The zero-order valence-corrected chi connectivity index (χ0v) is 21.0. The molecule has 0 spiro atoms. The fourth-order valence-corrected chi connectivity index (χ4v) is 4.69. The molecule has 0 aliphatic carbocycles. The van der Waals surface area contributed by atoms with Crippen LogP contribution < -0.4 is 9.62 Å². The quantitative estimate of drug-likeness (QED) is 0.262. The van der Waals surface area contributed by atoms with Crippen LogP contribution in [-0.2, 0) is 11.3 Å². The van der Waals surface area contributed by atoms with E-state index in [4.69, 9.17) is 10.00 Å². The number of amides is 1. The van der Waals surface area contributed by atoms with Gasteiger partial charge in [-0.3, -0.25) is 9.52 Å². The van der Waals surface area contributed by atoms with Crippen molar-refractivity contribution in [2.45, 2.75) is 19.9 Å². The first-order valence-electron chi connectivity index (χ1n) is 9.92. The Kier molecular flexibility index (Phi) is 9.11. The second-order valence-electron chi connectivity index (χ2n) is 6.90. The van der Waals surface area contributed by atoms with E-state index in [0.717, 1.165) is 37.9 Å². The number of carbonyl (C=O) groups excluding carboxylic acids is 1. The number of carbonyl (C=O) groups is 1. The molecule has 1 amide bonds. The van der Waals surface area contributed by atoms with Crippen LogP contribution in [-0.4, -0.2) is 30.4 Å². The number of aromatic nitrogens is 1. The molecular formula is C23H23BrN4O2S2. The summed E-state index contributed by atoms with van der Waals surface area (Å²) in [5.41, 5.74) is 3.03. The van der Waals surface area contributed by atoms with E-state index < -0.39 is 0 Å². The van der Waals surface area contributed by atoms with Gasteiger partial charge in [0.1, 0.15) is 5.69 Å². The first-order valence-corrected chi connectivity index (χ1v) is 12.5. The van der Waals surface area contributed by atoms with Gasteiger partial charge in [-0.1, -0.05) is 40.0 Å². The maximum atomic E-state index is 12.7. The molecule has 1 N–H and O–H groups in total. The molecule has 0 fully saturated rings. The molecular weight excluding hydrogens is 508 g/mol. The molecule has 6 nitrogen and oxygen atoms in total. The zero-order valence-electron chi connectivity index (χ0n) is 17.8. The number of hydrogen-bond acceptors (Lipinski definition) is 7. The van der Waals surface area contributed by atoms with Crippen LogP contribution in [0.5, 0.6) is 0 Å². The average Bonchev–Trinajstić information content (AvgIpc) is 3.20. The summed E-state index contributed by atoms with van der Waals surface area (Å²) >= 11 is 6.31. The van der Waals surface area contributed by atoms with Gasteiger partial charge in [-0.05, 0) is 55.3 Å². The molecule has 0 saturated heterocycles. The van der Waals surface area contributed by atoms with E-state index >= 15 is 0 Å². The van der Waals surface area contributed by atoms with E-state index in [1.54, 1.807) is 19.2 Å². The lowest BCUT2D eigenvalue weighted by atomic mass is 10.2. The Labute approximate surface area is 204 Å². The van der Waals surface area contributed by atoms with Gasteiger partial charge in [0.05, 0.1) is 18.2 Å². The summed E-state index contributed by atoms with van der Waals surface area (Å²) in [6.07, 6.45) is 0.863. The molecule has 0 unspecified atom stereocenters. The summed E-state index contributed by atoms with van der Waals surface area (Å²) in [7, 11) is 1.66. The van der Waals surface area contributed by atoms with Crippen molar-refractivity contribution in [3.63, 3.8) is 0 Å². The maximum absolute atomic E-state index is 12.7. The van der Waals surface area contributed by atoms with E-state index in [2.05, 4.69) is 36.6 Å². The summed E-state index contributed by atoms with van der Waals surface area (Å²) in [6, 6.07) is 17.6.